The van der Waals surface area contributed by atoms with E-state index >= 15 is 0 Å². The zero-order valence-corrected chi connectivity index (χ0v) is 10.6. The molecular weight excluding hydrogens is 220 g/mol. The summed E-state index contributed by atoms with van der Waals surface area (Å²) in [6.07, 6.45) is 0.446. The summed E-state index contributed by atoms with van der Waals surface area (Å²) in [6, 6.07) is 5.59. The smallest absolute Gasteiger partial charge is 0.302 e. The average molecular weight is 238 g/mol. The van der Waals surface area contributed by atoms with Crippen LogP contribution in [0, 0.1) is 0 Å². The Kier molecular flexibility index (Phi) is 4.82. The SMILES string of the molecule is COc1ccc(CC(C)OC(C)=O)c(OC)c1. The quantitative estimate of drug-likeness (QED) is 0.738. The standard InChI is InChI=1S/C13H18O4/c1-9(17-10(2)14)7-11-5-6-12(15-3)8-13(11)16-4/h5-6,8-9H,7H2,1-4H3. The molecule has 1 unspecified atom stereocenters. The van der Waals surface area contributed by atoms with Gasteiger partial charge in [0.25, 0.3) is 0 Å². The van der Waals surface area contributed by atoms with E-state index in [0.717, 1.165) is 17.1 Å². The van der Waals surface area contributed by atoms with Gasteiger partial charge in [0.15, 0.2) is 0 Å². The molecule has 0 spiro atoms. The second kappa shape index (κ2) is 6.13. The summed E-state index contributed by atoms with van der Waals surface area (Å²) in [6.45, 7) is 3.26. The lowest BCUT2D eigenvalue weighted by Crippen LogP contribution is -2.15. The first kappa shape index (κ1) is 13.4. The highest BCUT2D eigenvalue weighted by Crippen LogP contribution is 2.25. The van der Waals surface area contributed by atoms with E-state index in [0.29, 0.717) is 6.42 Å². The Labute approximate surface area is 101 Å². The van der Waals surface area contributed by atoms with E-state index in [-0.39, 0.29) is 12.1 Å². The van der Waals surface area contributed by atoms with Crippen molar-refractivity contribution in [2.24, 2.45) is 0 Å². The highest BCUT2D eigenvalue weighted by Gasteiger charge is 2.11. The summed E-state index contributed by atoms with van der Waals surface area (Å²) in [5.41, 5.74) is 0.988. The molecule has 0 saturated heterocycles. The largest absolute Gasteiger partial charge is 0.497 e. The third-order valence-corrected chi connectivity index (χ3v) is 2.37. The third-order valence-electron chi connectivity index (χ3n) is 2.37. The summed E-state index contributed by atoms with van der Waals surface area (Å²) in [4.78, 5) is 10.8. The molecule has 0 bridgehead atoms. The van der Waals surface area contributed by atoms with Crippen molar-refractivity contribution >= 4 is 5.97 Å². The predicted octanol–water partition coefficient (Wildman–Crippen LogP) is 2.20. The van der Waals surface area contributed by atoms with Gasteiger partial charge in [0.2, 0.25) is 0 Å². The molecule has 1 rings (SSSR count). The molecule has 0 N–H and O–H groups in total. The van der Waals surface area contributed by atoms with Crippen molar-refractivity contribution in [2.45, 2.75) is 26.4 Å². The maximum Gasteiger partial charge on any atom is 0.302 e. The highest BCUT2D eigenvalue weighted by molar-refractivity contribution is 5.66. The van der Waals surface area contributed by atoms with Gasteiger partial charge in [0, 0.05) is 19.4 Å². The van der Waals surface area contributed by atoms with Crippen LogP contribution in [-0.2, 0) is 16.0 Å². The maximum absolute atomic E-state index is 10.8. The first-order valence-electron chi connectivity index (χ1n) is 5.45. The lowest BCUT2D eigenvalue weighted by atomic mass is 10.1. The Morgan fingerprint density at radius 3 is 2.53 bits per heavy atom. The third kappa shape index (κ3) is 3.98. The predicted molar refractivity (Wildman–Crippen MR) is 64.5 cm³/mol. The molecule has 0 aliphatic heterocycles. The first-order valence-corrected chi connectivity index (χ1v) is 5.45. The second-order valence-electron chi connectivity index (χ2n) is 3.80. The molecule has 94 valence electrons. The van der Waals surface area contributed by atoms with Gasteiger partial charge in [-0.05, 0) is 18.6 Å². The Hall–Kier alpha value is -1.71. The molecule has 17 heavy (non-hydrogen) atoms. The van der Waals surface area contributed by atoms with Crippen LogP contribution in [0.25, 0.3) is 0 Å². The summed E-state index contributed by atoms with van der Waals surface area (Å²) >= 11 is 0. The molecular formula is C13H18O4. The van der Waals surface area contributed by atoms with E-state index < -0.39 is 0 Å². The molecule has 1 atom stereocenters. The van der Waals surface area contributed by atoms with Gasteiger partial charge in [-0.25, -0.2) is 0 Å². The number of ether oxygens (including phenoxy) is 3. The topological polar surface area (TPSA) is 44.8 Å². The molecule has 0 saturated carbocycles. The lowest BCUT2D eigenvalue weighted by Gasteiger charge is -2.15. The van der Waals surface area contributed by atoms with Crippen molar-refractivity contribution in [3.05, 3.63) is 23.8 Å². The van der Waals surface area contributed by atoms with Crippen LogP contribution in [-0.4, -0.2) is 26.3 Å². The fraction of sp³-hybridized carbons (Fsp3) is 0.462. The summed E-state index contributed by atoms with van der Waals surface area (Å²) in [5.74, 6) is 1.21. The van der Waals surface area contributed by atoms with Gasteiger partial charge < -0.3 is 14.2 Å². The number of benzene rings is 1. The summed E-state index contributed by atoms with van der Waals surface area (Å²) in [5, 5.41) is 0. The van der Waals surface area contributed by atoms with Crippen molar-refractivity contribution in [3.8, 4) is 11.5 Å². The van der Waals surface area contributed by atoms with Crippen LogP contribution in [0.4, 0.5) is 0 Å². The summed E-state index contributed by atoms with van der Waals surface area (Å²) < 4.78 is 15.5. The van der Waals surface area contributed by atoms with Crippen molar-refractivity contribution < 1.29 is 19.0 Å². The van der Waals surface area contributed by atoms with Gasteiger partial charge in [-0.2, -0.15) is 0 Å². The molecule has 0 aromatic heterocycles. The minimum atomic E-state index is -0.273. The summed E-state index contributed by atoms with van der Waals surface area (Å²) in [7, 11) is 3.21. The molecule has 0 heterocycles. The molecule has 0 amide bonds. The normalized spacial score (nSPS) is 11.8. The molecule has 0 radical (unpaired) electrons. The molecule has 1 aromatic carbocycles. The maximum atomic E-state index is 10.8. The van der Waals surface area contributed by atoms with E-state index in [2.05, 4.69) is 0 Å². The molecule has 0 aliphatic rings. The second-order valence-corrected chi connectivity index (χ2v) is 3.80. The number of methoxy groups -OCH3 is 2. The van der Waals surface area contributed by atoms with Crippen molar-refractivity contribution in [1.82, 2.24) is 0 Å². The number of rotatable bonds is 5. The fourth-order valence-electron chi connectivity index (χ4n) is 1.66. The molecule has 0 fully saturated rings. The highest BCUT2D eigenvalue weighted by atomic mass is 16.5. The average Bonchev–Trinajstić information content (AvgIpc) is 2.28. The van der Waals surface area contributed by atoms with E-state index in [4.69, 9.17) is 14.2 Å². The molecule has 0 aliphatic carbocycles. The number of hydrogen-bond donors (Lipinski definition) is 0. The minimum Gasteiger partial charge on any atom is -0.497 e. The first-order chi connectivity index (χ1) is 8.06. The van der Waals surface area contributed by atoms with Crippen LogP contribution in [0.3, 0.4) is 0 Å². The van der Waals surface area contributed by atoms with Crippen molar-refractivity contribution in [1.29, 1.82) is 0 Å². The van der Waals surface area contributed by atoms with Crippen molar-refractivity contribution in [3.63, 3.8) is 0 Å². The number of hydrogen-bond acceptors (Lipinski definition) is 4. The molecule has 1 aromatic rings. The Bertz CT molecular complexity index is 387. The number of esters is 1. The Morgan fingerprint density at radius 1 is 1.29 bits per heavy atom. The van der Waals surface area contributed by atoms with E-state index in [1.54, 1.807) is 14.2 Å². The van der Waals surface area contributed by atoms with Gasteiger partial charge in [-0.1, -0.05) is 6.07 Å². The van der Waals surface area contributed by atoms with Crippen LogP contribution in [0.15, 0.2) is 18.2 Å². The lowest BCUT2D eigenvalue weighted by molar-refractivity contribution is -0.145. The Balaban J connectivity index is 2.79. The van der Waals surface area contributed by atoms with Gasteiger partial charge in [-0.3, -0.25) is 4.79 Å². The van der Waals surface area contributed by atoms with E-state index in [1.807, 2.05) is 25.1 Å². The van der Waals surface area contributed by atoms with Crippen LogP contribution < -0.4 is 9.47 Å². The van der Waals surface area contributed by atoms with Crippen LogP contribution in [0.5, 0.6) is 11.5 Å². The van der Waals surface area contributed by atoms with Crippen LogP contribution >= 0.6 is 0 Å². The van der Waals surface area contributed by atoms with Gasteiger partial charge in [-0.15, -0.1) is 0 Å². The van der Waals surface area contributed by atoms with Crippen molar-refractivity contribution in [2.75, 3.05) is 14.2 Å². The number of carbonyl (C=O) groups is 1. The Morgan fingerprint density at radius 2 is 2.00 bits per heavy atom. The fourth-order valence-corrected chi connectivity index (χ4v) is 1.66. The zero-order chi connectivity index (χ0) is 12.8. The van der Waals surface area contributed by atoms with Gasteiger partial charge in [0.05, 0.1) is 14.2 Å². The van der Waals surface area contributed by atoms with E-state index in [9.17, 15) is 4.79 Å². The van der Waals surface area contributed by atoms with Gasteiger partial charge in [0.1, 0.15) is 17.6 Å². The van der Waals surface area contributed by atoms with Crippen LogP contribution in [0.1, 0.15) is 19.4 Å². The van der Waals surface area contributed by atoms with Gasteiger partial charge >= 0.3 is 5.97 Å². The monoisotopic (exact) mass is 238 g/mol. The number of carbonyl (C=O) groups excluding carboxylic acids is 1. The molecule has 4 nitrogen and oxygen atoms in total. The van der Waals surface area contributed by atoms with Crippen LogP contribution in [0.2, 0.25) is 0 Å². The minimum absolute atomic E-state index is 0.171. The zero-order valence-electron chi connectivity index (χ0n) is 10.6. The molecule has 4 heteroatoms. The van der Waals surface area contributed by atoms with E-state index in [1.165, 1.54) is 6.92 Å².